The van der Waals surface area contributed by atoms with Crippen LogP contribution in [0, 0.1) is 11.8 Å². The van der Waals surface area contributed by atoms with Crippen molar-refractivity contribution in [3.8, 4) is 0 Å². The molecule has 2 fully saturated rings. The van der Waals surface area contributed by atoms with Gasteiger partial charge in [-0.3, -0.25) is 0 Å². The molecule has 0 radical (unpaired) electrons. The predicted molar refractivity (Wildman–Crippen MR) is 140 cm³/mol. The molecule has 3 heteroatoms. The van der Waals surface area contributed by atoms with Gasteiger partial charge < -0.3 is 16.2 Å². The number of nitrogen functional groups attached to an aromatic ring is 2. The second-order valence-corrected chi connectivity index (χ2v) is 10.5. The lowest BCUT2D eigenvalue weighted by molar-refractivity contribution is -0.229. The predicted octanol–water partition coefficient (Wildman–Crippen LogP) is 7.94. The van der Waals surface area contributed by atoms with Crippen LogP contribution in [0.25, 0.3) is 0 Å². The summed E-state index contributed by atoms with van der Waals surface area (Å²) in [5.41, 5.74) is 15.9. The van der Waals surface area contributed by atoms with Crippen LogP contribution in [0.5, 0.6) is 0 Å². The maximum Gasteiger partial charge on any atom is 0.0969 e. The Bertz CT molecular complexity index is 792. The zero-order valence-corrected chi connectivity index (χ0v) is 20.8. The van der Waals surface area contributed by atoms with Gasteiger partial charge in [0, 0.05) is 11.4 Å². The first-order valence-electron chi connectivity index (χ1n) is 13.5. The number of nitrogens with two attached hydrogens (primary N) is 2. The van der Waals surface area contributed by atoms with Crippen molar-refractivity contribution in [3.63, 3.8) is 0 Å². The fourth-order valence-electron chi connectivity index (χ4n) is 6.88. The molecule has 4 rings (SSSR count). The van der Waals surface area contributed by atoms with Crippen molar-refractivity contribution >= 4 is 11.4 Å². The molecule has 2 aliphatic carbocycles. The summed E-state index contributed by atoms with van der Waals surface area (Å²) >= 11 is 0. The van der Waals surface area contributed by atoms with E-state index < -0.39 is 0 Å². The molecule has 2 atom stereocenters. The lowest BCUT2D eigenvalue weighted by atomic mass is 9.68. The average molecular weight is 449 g/mol. The summed E-state index contributed by atoms with van der Waals surface area (Å²) in [6.45, 7) is 4.66. The summed E-state index contributed by atoms with van der Waals surface area (Å²) in [6, 6.07) is 17.2. The molecule has 33 heavy (non-hydrogen) atoms. The molecule has 0 saturated heterocycles. The van der Waals surface area contributed by atoms with Crippen molar-refractivity contribution in [2.45, 2.75) is 102 Å². The van der Waals surface area contributed by atoms with Crippen LogP contribution in [0.1, 0.15) is 102 Å². The molecule has 3 nitrogen and oxygen atoms in total. The van der Waals surface area contributed by atoms with Gasteiger partial charge in [0.2, 0.25) is 0 Å². The van der Waals surface area contributed by atoms with Gasteiger partial charge in [0.05, 0.1) is 11.2 Å². The fourth-order valence-corrected chi connectivity index (χ4v) is 6.88. The van der Waals surface area contributed by atoms with E-state index in [9.17, 15) is 0 Å². The number of benzene rings is 2. The van der Waals surface area contributed by atoms with Crippen LogP contribution in [-0.4, -0.2) is 0 Å². The van der Waals surface area contributed by atoms with Crippen molar-refractivity contribution in [1.29, 1.82) is 0 Å². The van der Waals surface area contributed by atoms with Crippen molar-refractivity contribution in [2.75, 3.05) is 11.5 Å². The Morgan fingerprint density at radius 1 is 0.606 bits per heavy atom. The number of rotatable bonds is 8. The molecule has 2 saturated carbocycles. The molecule has 0 amide bonds. The van der Waals surface area contributed by atoms with Crippen LogP contribution < -0.4 is 11.5 Å². The average Bonchev–Trinajstić information content (AvgIpc) is 2.88. The Kier molecular flexibility index (Phi) is 7.69. The molecule has 2 unspecified atom stereocenters. The van der Waals surface area contributed by atoms with Crippen molar-refractivity contribution in [1.82, 2.24) is 0 Å². The van der Waals surface area contributed by atoms with Gasteiger partial charge in [-0.25, -0.2) is 0 Å². The standard InChI is InChI=1S/C30H44N2O/c1-3-29(23-11-7-5-8-12-23,25-15-19-27(31)20-16-25)33-30(4-2,24-13-9-6-10-14-24)26-17-21-28(32)22-18-26/h15-24H,3-14,31-32H2,1-2H3. The zero-order chi connectivity index (χ0) is 23.3. The quantitative estimate of drug-likeness (QED) is 0.403. The van der Waals surface area contributed by atoms with Gasteiger partial charge in [-0.15, -0.1) is 0 Å². The third kappa shape index (κ3) is 4.80. The Morgan fingerprint density at radius 3 is 1.24 bits per heavy atom. The molecule has 0 heterocycles. The zero-order valence-electron chi connectivity index (χ0n) is 20.8. The van der Waals surface area contributed by atoms with Gasteiger partial charge in [0.15, 0.2) is 0 Å². The molecule has 180 valence electrons. The summed E-state index contributed by atoms with van der Waals surface area (Å²) in [4.78, 5) is 0. The minimum absolute atomic E-state index is 0.303. The summed E-state index contributed by atoms with van der Waals surface area (Å²) in [5.74, 6) is 1.06. The number of hydrogen-bond acceptors (Lipinski definition) is 3. The van der Waals surface area contributed by atoms with E-state index in [1.165, 1.54) is 75.3 Å². The fraction of sp³-hybridized carbons (Fsp3) is 0.600. The molecule has 0 bridgehead atoms. The molecule has 0 spiro atoms. The van der Waals surface area contributed by atoms with E-state index in [2.05, 4.69) is 62.4 Å². The summed E-state index contributed by atoms with van der Waals surface area (Å²) in [5, 5.41) is 0. The smallest absolute Gasteiger partial charge is 0.0969 e. The Labute approximate surface area is 201 Å². The van der Waals surface area contributed by atoms with Gasteiger partial charge in [0.25, 0.3) is 0 Å². The van der Waals surface area contributed by atoms with Crippen LogP contribution >= 0.6 is 0 Å². The van der Waals surface area contributed by atoms with Crippen LogP contribution in [0.15, 0.2) is 48.5 Å². The van der Waals surface area contributed by atoms with Crippen LogP contribution in [-0.2, 0) is 15.9 Å². The first kappa shape index (κ1) is 24.1. The molecule has 2 aromatic rings. The maximum atomic E-state index is 7.77. The Hall–Kier alpha value is -2.00. The van der Waals surface area contributed by atoms with Crippen LogP contribution in [0.2, 0.25) is 0 Å². The van der Waals surface area contributed by atoms with Gasteiger partial charge >= 0.3 is 0 Å². The summed E-state index contributed by atoms with van der Waals surface area (Å²) in [6.07, 6.45) is 14.8. The maximum absolute atomic E-state index is 7.77. The van der Waals surface area contributed by atoms with E-state index in [4.69, 9.17) is 16.2 Å². The topological polar surface area (TPSA) is 61.3 Å². The SMILES string of the molecule is CCC(OC(CC)(c1ccc(N)cc1)C1CCCCC1)(c1ccc(N)cc1)C1CCCCC1. The molecule has 4 N–H and O–H groups in total. The van der Waals surface area contributed by atoms with E-state index >= 15 is 0 Å². The number of ether oxygens (including phenoxy) is 1. The van der Waals surface area contributed by atoms with Gasteiger partial charge in [-0.05, 0) is 85.8 Å². The molecule has 2 aliphatic rings. The Balaban J connectivity index is 1.85. The van der Waals surface area contributed by atoms with Gasteiger partial charge in [-0.2, -0.15) is 0 Å². The van der Waals surface area contributed by atoms with Crippen molar-refractivity contribution in [3.05, 3.63) is 59.7 Å². The highest BCUT2D eigenvalue weighted by atomic mass is 16.5. The van der Waals surface area contributed by atoms with Crippen LogP contribution in [0.3, 0.4) is 0 Å². The highest BCUT2D eigenvalue weighted by Gasteiger charge is 2.50. The third-order valence-corrected chi connectivity index (χ3v) is 8.74. The van der Waals surface area contributed by atoms with Crippen molar-refractivity contribution < 1.29 is 4.74 Å². The highest BCUT2D eigenvalue weighted by Crippen LogP contribution is 2.54. The van der Waals surface area contributed by atoms with E-state index in [-0.39, 0.29) is 11.2 Å². The van der Waals surface area contributed by atoms with E-state index in [1.54, 1.807) is 0 Å². The van der Waals surface area contributed by atoms with Gasteiger partial charge in [-0.1, -0.05) is 76.6 Å². The van der Waals surface area contributed by atoms with E-state index in [1.807, 2.05) is 0 Å². The second-order valence-electron chi connectivity index (χ2n) is 10.5. The molecule has 0 aromatic heterocycles. The lowest BCUT2D eigenvalue weighted by Gasteiger charge is -2.52. The molecular weight excluding hydrogens is 404 g/mol. The van der Waals surface area contributed by atoms with E-state index in [0.717, 1.165) is 24.2 Å². The monoisotopic (exact) mass is 448 g/mol. The van der Waals surface area contributed by atoms with Crippen molar-refractivity contribution in [2.24, 2.45) is 11.8 Å². The first-order valence-corrected chi connectivity index (χ1v) is 13.5. The lowest BCUT2D eigenvalue weighted by Crippen LogP contribution is -2.49. The molecule has 0 aliphatic heterocycles. The minimum atomic E-state index is -0.303. The number of hydrogen-bond donors (Lipinski definition) is 2. The second kappa shape index (κ2) is 10.5. The number of anilines is 2. The normalized spacial score (nSPS) is 21.9. The third-order valence-electron chi connectivity index (χ3n) is 8.74. The molecular formula is C30H44N2O. The largest absolute Gasteiger partial charge is 0.399 e. The van der Waals surface area contributed by atoms with Gasteiger partial charge in [0.1, 0.15) is 0 Å². The first-order chi connectivity index (χ1) is 16.0. The van der Waals surface area contributed by atoms with E-state index in [0.29, 0.717) is 11.8 Å². The summed E-state index contributed by atoms with van der Waals surface area (Å²) in [7, 11) is 0. The summed E-state index contributed by atoms with van der Waals surface area (Å²) < 4.78 is 7.77. The van der Waals surface area contributed by atoms with Crippen LogP contribution in [0.4, 0.5) is 11.4 Å². The Morgan fingerprint density at radius 2 is 0.939 bits per heavy atom. The highest BCUT2D eigenvalue weighted by molar-refractivity contribution is 5.43. The molecule has 2 aromatic carbocycles. The minimum Gasteiger partial charge on any atom is -0.399 e.